The van der Waals surface area contributed by atoms with Gasteiger partial charge in [-0.1, -0.05) is 18.7 Å². The van der Waals surface area contributed by atoms with Crippen LogP contribution in [0.15, 0.2) is 27.8 Å². The minimum Gasteiger partial charge on any atom is -0.486 e. The SMILES string of the molecule is CCOC(=O)c1c(NC(=O)CSc2nnc(-c3ccc4c(c3)OCCO4)o2)sc2c1CC[C@H](C)C2. The van der Waals surface area contributed by atoms with Crippen molar-refractivity contribution in [1.82, 2.24) is 10.2 Å². The van der Waals surface area contributed by atoms with Gasteiger partial charge in [-0.25, -0.2) is 4.79 Å². The number of hydrogen-bond donors (Lipinski definition) is 1. The molecule has 0 radical (unpaired) electrons. The lowest BCUT2D eigenvalue weighted by Crippen LogP contribution is -2.17. The zero-order valence-corrected chi connectivity index (χ0v) is 21.1. The molecule has 11 heteroatoms. The van der Waals surface area contributed by atoms with E-state index in [2.05, 4.69) is 22.4 Å². The van der Waals surface area contributed by atoms with Crippen molar-refractivity contribution in [2.24, 2.45) is 5.92 Å². The molecule has 0 saturated carbocycles. The van der Waals surface area contributed by atoms with Crippen LogP contribution in [-0.4, -0.2) is 47.6 Å². The minimum atomic E-state index is -0.386. The Kier molecular flexibility index (Phi) is 6.96. The van der Waals surface area contributed by atoms with Crippen molar-refractivity contribution in [3.05, 3.63) is 34.2 Å². The highest BCUT2D eigenvalue weighted by molar-refractivity contribution is 7.99. The maximum absolute atomic E-state index is 12.7. The highest BCUT2D eigenvalue weighted by atomic mass is 32.2. The second-order valence-corrected chi connectivity index (χ2v) is 10.4. The predicted molar refractivity (Wildman–Crippen MR) is 132 cm³/mol. The third-order valence-corrected chi connectivity index (χ3v) is 7.75. The van der Waals surface area contributed by atoms with E-state index in [1.165, 1.54) is 11.3 Å². The van der Waals surface area contributed by atoms with Crippen LogP contribution >= 0.6 is 23.1 Å². The van der Waals surface area contributed by atoms with E-state index in [9.17, 15) is 9.59 Å². The van der Waals surface area contributed by atoms with Crippen LogP contribution in [0.2, 0.25) is 0 Å². The van der Waals surface area contributed by atoms with Crippen molar-refractivity contribution >= 4 is 40.0 Å². The minimum absolute atomic E-state index is 0.0595. The quantitative estimate of drug-likeness (QED) is 0.356. The number of carbonyl (C=O) groups excluding carboxylic acids is 2. The number of thioether (sulfide) groups is 1. The van der Waals surface area contributed by atoms with Crippen molar-refractivity contribution in [3.8, 4) is 23.0 Å². The summed E-state index contributed by atoms with van der Waals surface area (Å²) in [5.74, 6) is 1.61. The second kappa shape index (κ2) is 10.3. The number of aromatic nitrogens is 2. The monoisotopic (exact) mass is 515 g/mol. The third-order valence-electron chi connectivity index (χ3n) is 5.77. The molecule has 2 aliphatic rings. The van der Waals surface area contributed by atoms with Gasteiger partial charge in [0.1, 0.15) is 18.2 Å². The Morgan fingerprint density at radius 2 is 2.06 bits per heavy atom. The van der Waals surface area contributed by atoms with E-state index in [4.69, 9.17) is 18.6 Å². The summed E-state index contributed by atoms with van der Waals surface area (Å²) >= 11 is 2.60. The molecule has 184 valence electrons. The average molecular weight is 516 g/mol. The van der Waals surface area contributed by atoms with E-state index in [-0.39, 0.29) is 29.5 Å². The summed E-state index contributed by atoms with van der Waals surface area (Å²) in [6.07, 6.45) is 2.74. The lowest BCUT2D eigenvalue weighted by Gasteiger charge is -2.18. The Hall–Kier alpha value is -3.05. The molecule has 0 unspecified atom stereocenters. The summed E-state index contributed by atoms with van der Waals surface area (Å²) in [7, 11) is 0. The molecule has 3 heterocycles. The second-order valence-electron chi connectivity index (χ2n) is 8.34. The molecule has 9 nitrogen and oxygen atoms in total. The van der Waals surface area contributed by atoms with Crippen molar-refractivity contribution in [3.63, 3.8) is 0 Å². The summed E-state index contributed by atoms with van der Waals surface area (Å²) in [4.78, 5) is 26.5. The van der Waals surface area contributed by atoms with Crippen molar-refractivity contribution in [1.29, 1.82) is 0 Å². The zero-order chi connectivity index (χ0) is 24.4. The van der Waals surface area contributed by atoms with Crippen molar-refractivity contribution < 1.29 is 28.2 Å². The van der Waals surface area contributed by atoms with Crippen LogP contribution in [0.3, 0.4) is 0 Å². The van der Waals surface area contributed by atoms with Crippen LogP contribution in [0.25, 0.3) is 11.5 Å². The molecule has 1 aliphatic heterocycles. The Morgan fingerprint density at radius 1 is 1.23 bits per heavy atom. The van der Waals surface area contributed by atoms with Gasteiger partial charge in [0.15, 0.2) is 11.5 Å². The fourth-order valence-corrected chi connectivity index (χ4v) is 6.09. The topological polar surface area (TPSA) is 113 Å². The van der Waals surface area contributed by atoms with Gasteiger partial charge < -0.3 is 23.9 Å². The van der Waals surface area contributed by atoms with Gasteiger partial charge in [-0.15, -0.1) is 21.5 Å². The van der Waals surface area contributed by atoms with E-state index in [0.717, 1.165) is 41.5 Å². The Morgan fingerprint density at radius 3 is 2.89 bits per heavy atom. The largest absolute Gasteiger partial charge is 0.486 e. The fourth-order valence-electron chi connectivity index (χ4n) is 4.11. The molecule has 1 N–H and O–H groups in total. The van der Waals surface area contributed by atoms with Crippen LogP contribution < -0.4 is 14.8 Å². The van der Waals surface area contributed by atoms with Gasteiger partial charge >= 0.3 is 5.97 Å². The number of rotatable bonds is 7. The molecule has 0 fully saturated rings. The molecule has 0 spiro atoms. The van der Waals surface area contributed by atoms with Gasteiger partial charge in [-0.05, 0) is 55.9 Å². The number of nitrogens with zero attached hydrogens (tertiary/aromatic N) is 2. The van der Waals surface area contributed by atoms with Gasteiger partial charge in [0, 0.05) is 10.4 Å². The molecule has 1 atom stereocenters. The number of ether oxygens (including phenoxy) is 3. The van der Waals surface area contributed by atoms with Gasteiger partial charge in [-0.3, -0.25) is 4.79 Å². The number of amides is 1. The molecule has 5 rings (SSSR count). The molecule has 2 aromatic heterocycles. The number of fused-ring (bicyclic) bond motifs is 2. The highest BCUT2D eigenvalue weighted by Crippen LogP contribution is 2.40. The first-order valence-corrected chi connectivity index (χ1v) is 13.3. The van der Waals surface area contributed by atoms with Gasteiger partial charge in [-0.2, -0.15) is 0 Å². The van der Waals surface area contributed by atoms with Crippen LogP contribution in [0, 0.1) is 5.92 Å². The normalized spacial score (nSPS) is 16.5. The lowest BCUT2D eigenvalue weighted by atomic mass is 9.88. The van der Waals surface area contributed by atoms with E-state index in [1.807, 2.05) is 6.07 Å². The van der Waals surface area contributed by atoms with Gasteiger partial charge in [0.25, 0.3) is 5.22 Å². The summed E-state index contributed by atoms with van der Waals surface area (Å²) in [5.41, 5.74) is 2.21. The zero-order valence-electron chi connectivity index (χ0n) is 19.4. The number of thiophene rings is 1. The number of nitrogens with one attached hydrogen (secondary N) is 1. The smallest absolute Gasteiger partial charge is 0.341 e. The average Bonchev–Trinajstić information content (AvgIpc) is 3.47. The summed E-state index contributed by atoms with van der Waals surface area (Å²) in [6.45, 7) is 5.26. The maximum Gasteiger partial charge on any atom is 0.341 e. The first-order chi connectivity index (χ1) is 17.0. The van der Waals surface area contributed by atoms with Gasteiger partial charge in [0.2, 0.25) is 11.8 Å². The predicted octanol–water partition coefficient (Wildman–Crippen LogP) is 4.60. The van der Waals surface area contributed by atoms with Crippen LogP contribution in [0.4, 0.5) is 5.00 Å². The number of anilines is 1. The van der Waals surface area contributed by atoms with Gasteiger partial charge in [0.05, 0.1) is 17.9 Å². The number of carbonyl (C=O) groups is 2. The van der Waals surface area contributed by atoms with Crippen LogP contribution in [0.1, 0.15) is 41.1 Å². The molecular weight excluding hydrogens is 490 g/mol. The van der Waals surface area contributed by atoms with E-state index in [0.29, 0.717) is 52.6 Å². The van der Waals surface area contributed by atoms with E-state index in [1.54, 1.807) is 19.1 Å². The lowest BCUT2D eigenvalue weighted by molar-refractivity contribution is -0.113. The fraction of sp³-hybridized carbons (Fsp3) is 0.417. The van der Waals surface area contributed by atoms with Crippen molar-refractivity contribution in [2.75, 3.05) is 30.9 Å². The Labute approximate surface area is 210 Å². The van der Waals surface area contributed by atoms with Crippen LogP contribution in [0.5, 0.6) is 11.5 Å². The Balaban J connectivity index is 1.25. The summed E-state index contributed by atoms with van der Waals surface area (Å²) in [5, 5.41) is 11.8. The highest BCUT2D eigenvalue weighted by Gasteiger charge is 2.29. The first-order valence-electron chi connectivity index (χ1n) is 11.5. The van der Waals surface area contributed by atoms with Crippen molar-refractivity contribution in [2.45, 2.75) is 38.3 Å². The standard InChI is InChI=1S/C24H25N3O6S2/c1-3-30-23(29)20-15-6-4-13(2)10-18(15)35-22(20)25-19(28)12-34-24-27-26-21(33-24)14-5-7-16-17(11-14)32-9-8-31-16/h5,7,11,13H,3-4,6,8-10,12H2,1-2H3,(H,25,28)/t13-/m0/s1. The summed E-state index contributed by atoms with van der Waals surface area (Å²) < 4.78 is 22.1. The molecule has 0 bridgehead atoms. The van der Waals surface area contributed by atoms with Crippen LogP contribution in [-0.2, 0) is 22.4 Å². The molecule has 1 aromatic carbocycles. The number of hydrogen-bond acceptors (Lipinski definition) is 10. The molecule has 35 heavy (non-hydrogen) atoms. The maximum atomic E-state index is 12.7. The molecule has 3 aromatic rings. The molecule has 1 aliphatic carbocycles. The summed E-state index contributed by atoms with van der Waals surface area (Å²) in [6, 6.07) is 5.41. The molecule has 0 saturated heterocycles. The van der Waals surface area contributed by atoms with E-state index < -0.39 is 0 Å². The number of benzene rings is 1. The Bertz CT molecular complexity index is 1250. The molecule has 1 amide bonds. The first kappa shape index (κ1) is 23.7. The van der Waals surface area contributed by atoms with E-state index >= 15 is 0 Å². The molecular formula is C24H25N3O6S2. The third kappa shape index (κ3) is 5.15. The number of esters is 1.